The Balaban J connectivity index is 1.43. The molecule has 6 heteroatoms. The van der Waals surface area contributed by atoms with Crippen LogP contribution in [0.2, 0.25) is 0 Å². The molecule has 4 rings (SSSR count). The van der Waals surface area contributed by atoms with Gasteiger partial charge in [-0.25, -0.2) is 4.98 Å². The summed E-state index contributed by atoms with van der Waals surface area (Å²) >= 11 is 1.42. The molecule has 0 spiro atoms. The van der Waals surface area contributed by atoms with Gasteiger partial charge in [-0.1, -0.05) is 36.8 Å². The van der Waals surface area contributed by atoms with Crippen molar-refractivity contribution in [2.24, 2.45) is 0 Å². The van der Waals surface area contributed by atoms with E-state index in [0.717, 1.165) is 29.4 Å². The minimum absolute atomic E-state index is 0.0748. The fourth-order valence-corrected chi connectivity index (χ4v) is 4.33. The fraction of sp³-hybridized carbons (Fsp3) is 0.333. The Hall–Kier alpha value is -2.44. The largest absolute Gasteiger partial charge is 0.468 e. The van der Waals surface area contributed by atoms with E-state index in [9.17, 15) is 4.79 Å². The number of furan rings is 1. The Morgan fingerprint density at radius 1 is 1.15 bits per heavy atom. The lowest BCUT2D eigenvalue weighted by molar-refractivity contribution is 0.0918. The zero-order valence-corrected chi connectivity index (χ0v) is 16.0. The molecule has 27 heavy (non-hydrogen) atoms. The van der Waals surface area contributed by atoms with Gasteiger partial charge in [0, 0.05) is 12.1 Å². The van der Waals surface area contributed by atoms with Crippen LogP contribution in [0.5, 0.6) is 0 Å². The maximum atomic E-state index is 12.7. The highest BCUT2D eigenvalue weighted by Gasteiger charge is 2.25. The lowest BCUT2D eigenvalue weighted by Crippen LogP contribution is -2.40. The number of rotatable bonds is 6. The first-order valence-electron chi connectivity index (χ1n) is 9.38. The van der Waals surface area contributed by atoms with Gasteiger partial charge in [0.25, 0.3) is 5.91 Å². The summed E-state index contributed by atoms with van der Waals surface area (Å²) in [7, 11) is 0. The first kappa shape index (κ1) is 17.9. The molecule has 0 radical (unpaired) electrons. The van der Waals surface area contributed by atoms with E-state index in [-0.39, 0.29) is 11.9 Å². The van der Waals surface area contributed by atoms with E-state index in [1.807, 2.05) is 42.5 Å². The van der Waals surface area contributed by atoms with Crippen LogP contribution in [0.3, 0.4) is 0 Å². The molecule has 1 aliphatic rings. The molecule has 1 atom stereocenters. The first-order valence-corrected chi connectivity index (χ1v) is 10.2. The van der Waals surface area contributed by atoms with Crippen molar-refractivity contribution in [3.05, 3.63) is 65.6 Å². The van der Waals surface area contributed by atoms with Crippen molar-refractivity contribution >= 4 is 17.2 Å². The number of carbonyl (C=O) groups excluding carboxylic acids is 1. The van der Waals surface area contributed by atoms with Gasteiger partial charge in [0.15, 0.2) is 0 Å². The summed E-state index contributed by atoms with van der Waals surface area (Å²) in [5.41, 5.74) is 1.03. The molecule has 5 nitrogen and oxygen atoms in total. The topological polar surface area (TPSA) is 58.4 Å². The molecule has 0 bridgehead atoms. The van der Waals surface area contributed by atoms with Crippen LogP contribution in [0.1, 0.15) is 40.7 Å². The van der Waals surface area contributed by atoms with E-state index in [1.54, 1.807) is 12.5 Å². The normalized spacial score (nSPS) is 16.1. The average molecular weight is 382 g/mol. The highest BCUT2D eigenvalue weighted by atomic mass is 32.1. The number of nitrogens with one attached hydrogen (secondary N) is 1. The maximum absolute atomic E-state index is 12.7. The van der Waals surface area contributed by atoms with E-state index >= 15 is 0 Å². The fourth-order valence-electron chi connectivity index (χ4n) is 3.49. The highest BCUT2D eigenvalue weighted by Crippen LogP contribution is 2.26. The van der Waals surface area contributed by atoms with Gasteiger partial charge in [-0.05, 0) is 38.1 Å². The van der Waals surface area contributed by atoms with E-state index < -0.39 is 0 Å². The molecule has 1 aliphatic heterocycles. The minimum atomic E-state index is -0.0803. The summed E-state index contributed by atoms with van der Waals surface area (Å²) in [6.07, 6.45) is 7.02. The van der Waals surface area contributed by atoms with Crippen LogP contribution in [0.15, 0.2) is 59.3 Å². The minimum Gasteiger partial charge on any atom is -0.468 e. The smallest absolute Gasteiger partial charge is 0.263 e. The SMILES string of the molecule is O=C(NCC(c1ccco1)N1CCCCC1)c1cnc(-c2ccccc2)s1. The molecular formula is C21H23N3O2S. The van der Waals surface area contributed by atoms with Gasteiger partial charge < -0.3 is 9.73 Å². The number of nitrogens with zero attached hydrogens (tertiary/aromatic N) is 2. The predicted octanol–water partition coefficient (Wildman–Crippen LogP) is 4.36. The maximum Gasteiger partial charge on any atom is 0.263 e. The Labute approximate surface area is 163 Å². The second kappa shape index (κ2) is 8.50. The molecule has 1 N–H and O–H groups in total. The molecule has 1 amide bonds. The summed E-state index contributed by atoms with van der Waals surface area (Å²) in [5.74, 6) is 0.828. The second-order valence-corrected chi connectivity index (χ2v) is 7.76. The molecule has 1 saturated heterocycles. The van der Waals surface area contributed by atoms with Crippen molar-refractivity contribution in [1.29, 1.82) is 0 Å². The molecule has 1 aromatic carbocycles. The average Bonchev–Trinajstić information content (AvgIpc) is 3.42. The van der Waals surface area contributed by atoms with Crippen LogP contribution in [0, 0.1) is 0 Å². The van der Waals surface area contributed by atoms with Crippen molar-refractivity contribution < 1.29 is 9.21 Å². The summed E-state index contributed by atoms with van der Waals surface area (Å²) in [6, 6.07) is 13.9. The van der Waals surface area contributed by atoms with E-state index in [0.29, 0.717) is 11.4 Å². The molecule has 3 aromatic rings. The number of benzene rings is 1. The number of aromatic nitrogens is 1. The van der Waals surface area contributed by atoms with Gasteiger partial charge in [0.1, 0.15) is 15.6 Å². The molecule has 3 heterocycles. The second-order valence-electron chi connectivity index (χ2n) is 6.73. The Morgan fingerprint density at radius 2 is 1.96 bits per heavy atom. The number of likely N-dealkylation sites (tertiary alicyclic amines) is 1. The number of hydrogen-bond acceptors (Lipinski definition) is 5. The lowest BCUT2D eigenvalue weighted by atomic mass is 10.1. The monoisotopic (exact) mass is 381 g/mol. The third kappa shape index (κ3) is 4.28. The van der Waals surface area contributed by atoms with Gasteiger partial charge in [0.2, 0.25) is 0 Å². The quantitative estimate of drug-likeness (QED) is 0.689. The van der Waals surface area contributed by atoms with Gasteiger partial charge in [0.05, 0.1) is 18.5 Å². The summed E-state index contributed by atoms with van der Waals surface area (Å²) in [5, 5.41) is 3.94. The van der Waals surface area contributed by atoms with Crippen LogP contribution in [-0.4, -0.2) is 35.4 Å². The molecule has 140 valence electrons. The summed E-state index contributed by atoms with van der Waals surface area (Å²) in [6.45, 7) is 2.62. The third-order valence-electron chi connectivity index (χ3n) is 4.91. The van der Waals surface area contributed by atoms with E-state index in [4.69, 9.17) is 4.42 Å². The standard InChI is InChI=1S/C21H23N3O2S/c25-20(19-15-23-21(27-19)16-8-3-1-4-9-16)22-14-17(18-10-7-13-26-18)24-11-5-2-6-12-24/h1,3-4,7-10,13,15,17H,2,5-6,11-12,14H2,(H,22,25). The van der Waals surface area contributed by atoms with Crippen molar-refractivity contribution in [3.63, 3.8) is 0 Å². The number of thiazole rings is 1. The Kier molecular flexibility index (Phi) is 5.65. The van der Waals surface area contributed by atoms with Crippen LogP contribution in [0.4, 0.5) is 0 Å². The van der Waals surface area contributed by atoms with Crippen molar-refractivity contribution in [3.8, 4) is 10.6 Å². The van der Waals surface area contributed by atoms with Gasteiger partial charge in [-0.15, -0.1) is 11.3 Å². The zero-order chi connectivity index (χ0) is 18.5. The zero-order valence-electron chi connectivity index (χ0n) is 15.1. The lowest BCUT2D eigenvalue weighted by Gasteiger charge is -2.33. The van der Waals surface area contributed by atoms with Crippen molar-refractivity contribution in [1.82, 2.24) is 15.2 Å². The summed E-state index contributed by atoms with van der Waals surface area (Å²) in [4.78, 5) is 20.1. The molecule has 1 unspecified atom stereocenters. The van der Waals surface area contributed by atoms with Crippen LogP contribution in [-0.2, 0) is 0 Å². The molecule has 0 saturated carbocycles. The number of carbonyl (C=O) groups is 1. The summed E-state index contributed by atoms with van der Waals surface area (Å²) < 4.78 is 5.65. The van der Waals surface area contributed by atoms with E-state index in [1.165, 1.54) is 30.6 Å². The van der Waals surface area contributed by atoms with Gasteiger partial charge in [-0.3, -0.25) is 9.69 Å². The Morgan fingerprint density at radius 3 is 2.70 bits per heavy atom. The van der Waals surface area contributed by atoms with Gasteiger partial charge in [-0.2, -0.15) is 0 Å². The molecule has 2 aromatic heterocycles. The molecule has 0 aliphatic carbocycles. The number of piperidine rings is 1. The third-order valence-corrected chi connectivity index (χ3v) is 5.95. The van der Waals surface area contributed by atoms with Crippen molar-refractivity contribution in [2.75, 3.05) is 19.6 Å². The predicted molar refractivity (Wildman–Crippen MR) is 107 cm³/mol. The first-order chi connectivity index (χ1) is 13.3. The van der Waals surface area contributed by atoms with E-state index in [2.05, 4.69) is 15.2 Å². The Bertz CT molecular complexity index is 855. The number of hydrogen-bond donors (Lipinski definition) is 1. The highest BCUT2D eigenvalue weighted by molar-refractivity contribution is 7.16. The van der Waals surface area contributed by atoms with Crippen LogP contribution in [0.25, 0.3) is 10.6 Å². The van der Waals surface area contributed by atoms with Crippen molar-refractivity contribution in [2.45, 2.75) is 25.3 Å². The van der Waals surface area contributed by atoms with Crippen LogP contribution < -0.4 is 5.32 Å². The van der Waals surface area contributed by atoms with Crippen LogP contribution >= 0.6 is 11.3 Å². The molecular weight excluding hydrogens is 358 g/mol. The molecule has 1 fully saturated rings. The number of amides is 1. The van der Waals surface area contributed by atoms with Gasteiger partial charge >= 0.3 is 0 Å².